The summed E-state index contributed by atoms with van der Waals surface area (Å²) in [4.78, 5) is 0. The Kier molecular flexibility index (Phi) is 2.32. The Balaban J connectivity index is 1.79. The van der Waals surface area contributed by atoms with Gasteiger partial charge in [0.15, 0.2) is 0 Å². The van der Waals surface area contributed by atoms with Gasteiger partial charge in [0.25, 0.3) is 0 Å². The minimum atomic E-state index is 0.875. The van der Waals surface area contributed by atoms with E-state index in [9.17, 15) is 0 Å². The second kappa shape index (κ2) is 3.87. The van der Waals surface area contributed by atoms with Gasteiger partial charge < -0.3 is 0 Å². The molecule has 0 atom stereocenters. The van der Waals surface area contributed by atoms with Crippen molar-refractivity contribution >= 4 is 15.9 Å². The summed E-state index contributed by atoms with van der Waals surface area (Å²) in [6.07, 6.45) is 11.6. The molecule has 4 bridgehead atoms. The molecule has 0 amide bonds. The Morgan fingerprint density at radius 2 is 1.00 bits per heavy atom. The lowest BCUT2D eigenvalue weighted by molar-refractivity contribution is 0.339. The summed E-state index contributed by atoms with van der Waals surface area (Å²) < 4.78 is 1.56. The summed E-state index contributed by atoms with van der Waals surface area (Å²) in [5.74, 6) is 3.53. The average molecular weight is 317 g/mol. The summed E-state index contributed by atoms with van der Waals surface area (Å²) in [6.45, 7) is 0. The highest BCUT2D eigenvalue weighted by molar-refractivity contribution is 9.10. The third-order valence-corrected chi connectivity index (χ3v) is 7.41. The molecule has 0 radical (unpaired) electrons. The Bertz CT molecular complexity index is 497. The van der Waals surface area contributed by atoms with Gasteiger partial charge in [-0.3, -0.25) is 0 Å². The molecular weight excluding hydrogens is 296 g/mol. The van der Waals surface area contributed by atoms with E-state index in [4.69, 9.17) is 0 Å². The van der Waals surface area contributed by atoms with Crippen molar-refractivity contribution in [2.75, 3.05) is 0 Å². The largest absolute Gasteiger partial charge is 0.0546 e. The molecule has 1 aromatic carbocycles. The van der Waals surface area contributed by atoms with E-state index in [1.807, 2.05) is 0 Å². The van der Waals surface area contributed by atoms with Crippen LogP contribution < -0.4 is 0 Å². The zero-order valence-electron chi connectivity index (χ0n) is 11.4. The maximum atomic E-state index is 4.06. The van der Waals surface area contributed by atoms with Crippen LogP contribution in [0.25, 0.3) is 0 Å². The smallest absolute Gasteiger partial charge is 0.0250 e. The Morgan fingerprint density at radius 3 is 1.42 bits per heavy atom. The summed E-state index contributed by atoms with van der Waals surface area (Å²) in [5, 5.41) is 0. The van der Waals surface area contributed by atoms with E-state index >= 15 is 0 Å². The molecule has 0 aliphatic heterocycles. The normalized spacial score (nSPS) is 38.2. The fraction of sp³-hybridized carbons (Fsp3) is 0.667. The van der Waals surface area contributed by atoms with Gasteiger partial charge >= 0.3 is 0 Å². The van der Waals surface area contributed by atoms with Gasteiger partial charge in [0.05, 0.1) is 0 Å². The van der Waals surface area contributed by atoms with Gasteiger partial charge in [0.2, 0.25) is 0 Å². The number of halogens is 1. The molecule has 0 unspecified atom stereocenters. The van der Waals surface area contributed by atoms with Gasteiger partial charge in [-0.05, 0) is 97.3 Å². The molecule has 0 aromatic heterocycles. The Hall–Kier alpha value is -0.300. The Morgan fingerprint density at radius 1 is 0.632 bits per heavy atom. The van der Waals surface area contributed by atoms with E-state index in [2.05, 4.69) is 22.0 Å². The maximum absolute atomic E-state index is 4.06. The molecule has 6 aliphatic carbocycles. The van der Waals surface area contributed by atoms with E-state index in [-0.39, 0.29) is 0 Å². The third kappa shape index (κ3) is 1.41. The van der Waals surface area contributed by atoms with Crippen LogP contribution >= 0.6 is 15.9 Å². The van der Waals surface area contributed by atoms with Gasteiger partial charge in [-0.15, -0.1) is 0 Å². The molecule has 19 heavy (non-hydrogen) atoms. The Labute approximate surface area is 124 Å². The molecular formula is C18H21Br. The van der Waals surface area contributed by atoms with Crippen LogP contribution in [0.2, 0.25) is 0 Å². The lowest BCUT2D eigenvalue weighted by Crippen LogP contribution is -2.27. The van der Waals surface area contributed by atoms with E-state index in [1.165, 1.54) is 51.4 Å². The first kappa shape index (κ1) is 11.4. The zero-order valence-corrected chi connectivity index (χ0v) is 13.0. The van der Waals surface area contributed by atoms with Gasteiger partial charge in [0.1, 0.15) is 0 Å². The summed E-state index contributed by atoms with van der Waals surface area (Å²) in [5.41, 5.74) is 6.99. The van der Waals surface area contributed by atoms with E-state index in [0.29, 0.717) is 0 Å². The molecule has 2 saturated carbocycles. The van der Waals surface area contributed by atoms with Crippen molar-refractivity contribution in [3.63, 3.8) is 0 Å². The summed E-state index contributed by atoms with van der Waals surface area (Å²) in [6, 6.07) is 2.67. The minimum Gasteiger partial charge on any atom is -0.0546 e. The molecule has 2 fully saturated rings. The fourth-order valence-electron chi connectivity index (χ4n) is 5.61. The standard InChI is InChI=1S/C18H21Br/c19-18-16-12-5-1-10(2-6-12)14(16)9-15-11-3-7-13(8-4-11)17(15)18/h9-13H,1-8H2. The summed E-state index contributed by atoms with van der Waals surface area (Å²) >= 11 is 4.06. The first-order chi connectivity index (χ1) is 9.33. The second-order valence-electron chi connectivity index (χ2n) is 7.29. The highest BCUT2D eigenvalue weighted by atomic mass is 79.9. The van der Waals surface area contributed by atoms with Crippen molar-refractivity contribution in [1.29, 1.82) is 0 Å². The zero-order chi connectivity index (χ0) is 12.6. The molecule has 0 N–H and O–H groups in total. The first-order valence-electron chi connectivity index (χ1n) is 8.19. The van der Waals surface area contributed by atoms with Crippen LogP contribution in [-0.2, 0) is 0 Å². The van der Waals surface area contributed by atoms with Crippen LogP contribution in [0.5, 0.6) is 0 Å². The van der Waals surface area contributed by atoms with Crippen molar-refractivity contribution in [2.45, 2.75) is 75.0 Å². The monoisotopic (exact) mass is 316 g/mol. The SMILES string of the molecule is Brc1c2c(cc3c1C1CCC3CC1)C1CCC2CC1. The van der Waals surface area contributed by atoms with Gasteiger partial charge in [0, 0.05) is 4.47 Å². The number of hydrogen-bond acceptors (Lipinski definition) is 0. The quantitative estimate of drug-likeness (QED) is 0.554. The van der Waals surface area contributed by atoms with Gasteiger partial charge in [-0.2, -0.15) is 0 Å². The van der Waals surface area contributed by atoms with Crippen molar-refractivity contribution in [3.05, 3.63) is 32.8 Å². The average Bonchev–Trinajstić information content (AvgIpc) is 2.49. The number of benzene rings is 1. The van der Waals surface area contributed by atoms with Crippen LogP contribution in [-0.4, -0.2) is 0 Å². The molecule has 0 saturated heterocycles. The van der Waals surface area contributed by atoms with E-state index < -0.39 is 0 Å². The third-order valence-electron chi connectivity index (χ3n) is 6.56. The highest BCUT2D eigenvalue weighted by Crippen LogP contribution is 2.58. The van der Waals surface area contributed by atoms with Crippen molar-refractivity contribution in [1.82, 2.24) is 0 Å². The summed E-state index contributed by atoms with van der Waals surface area (Å²) in [7, 11) is 0. The van der Waals surface area contributed by atoms with Crippen LogP contribution in [0.3, 0.4) is 0 Å². The number of hydrogen-bond donors (Lipinski definition) is 0. The van der Waals surface area contributed by atoms with E-state index in [1.54, 1.807) is 26.7 Å². The lowest BCUT2D eigenvalue weighted by Gasteiger charge is -2.45. The van der Waals surface area contributed by atoms with Crippen LogP contribution in [0.1, 0.15) is 97.3 Å². The van der Waals surface area contributed by atoms with Crippen molar-refractivity contribution in [2.24, 2.45) is 0 Å². The molecule has 1 aromatic rings. The van der Waals surface area contributed by atoms with Crippen LogP contribution in [0, 0.1) is 0 Å². The molecule has 1 heteroatoms. The topological polar surface area (TPSA) is 0 Å². The molecule has 7 rings (SSSR count). The molecule has 0 heterocycles. The number of rotatable bonds is 0. The highest BCUT2D eigenvalue weighted by Gasteiger charge is 2.40. The minimum absolute atomic E-state index is 0.875. The second-order valence-corrected chi connectivity index (χ2v) is 8.09. The number of fused-ring (bicyclic) bond motifs is 4. The lowest BCUT2D eigenvalue weighted by atomic mass is 9.61. The van der Waals surface area contributed by atoms with Crippen molar-refractivity contribution < 1.29 is 0 Å². The first-order valence-corrected chi connectivity index (χ1v) is 8.98. The van der Waals surface area contributed by atoms with E-state index in [0.717, 1.165) is 23.7 Å². The fourth-order valence-corrected chi connectivity index (χ4v) is 6.72. The van der Waals surface area contributed by atoms with Gasteiger partial charge in [-0.25, -0.2) is 0 Å². The molecule has 100 valence electrons. The molecule has 6 aliphatic rings. The van der Waals surface area contributed by atoms with Crippen molar-refractivity contribution in [3.8, 4) is 0 Å². The molecule has 0 nitrogen and oxygen atoms in total. The predicted molar refractivity (Wildman–Crippen MR) is 82.0 cm³/mol. The maximum Gasteiger partial charge on any atom is 0.0250 e. The molecule has 0 spiro atoms. The van der Waals surface area contributed by atoms with Crippen LogP contribution in [0.4, 0.5) is 0 Å². The van der Waals surface area contributed by atoms with Gasteiger partial charge in [-0.1, -0.05) is 22.0 Å². The predicted octanol–water partition coefficient (Wildman–Crippen LogP) is 5.96. The van der Waals surface area contributed by atoms with Crippen LogP contribution in [0.15, 0.2) is 10.5 Å².